The summed E-state index contributed by atoms with van der Waals surface area (Å²) in [5.41, 5.74) is 1.27. The number of hydrogen-bond acceptors (Lipinski definition) is 6. The van der Waals surface area contributed by atoms with Crippen LogP contribution in [0.1, 0.15) is 18.4 Å². The number of anilines is 1. The fourth-order valence-corrected chi connectivity index (χ4v) is 2.08. The predicted octanol–water partition coefficient (Wildman–Crippen LogP) is 1.73. The average Bonchev–Trinajstić information content (AvgIpc) is 2.55. The maximum atomic E-state index is 11.2. The number of nitro groups is 1. The van der Waals surface area contributed by atoms with E-state index >= 15 is 0 Å². The Morgan fingerprint density at radius 2 is 2.00 bits per heavy atom. The Bertz CT molecular complexity index is 620. The molecule has 0 atom stereocenters. The van der Waals surface area contributed by atoms with Gasteiger partial charge in [-0.1, -0.05) is 11.8 Å². The highest BCUT2D eigenvalue weighted by Gasteiger charge is 2.20. The van der Waals surface area contributed by atoms with E-state index in [0.717, 1.165) is 18.8 Å². The van der Waals surface area contributed by atoms with Crippen molar-refractivity contribution in [3.05, 3.63) is 27.8 Å². The van der Waals surface area contributed by atoms with Gasteiger partial charge >= 0.3 is 5.69 Å². The molecule has 0 saturated heterocycles. The Kier molecular flexibility index (Phi) is 8.02. The summed E-state index contributed by atoms with van der Waals surface area (Å²) < 4.78 is 5.16. The van der Waals surface area contributed by atoms with Crippen LogP contribution in [0.4, 0.5) is 11.4 Å². The van der Waals surface area contributed by atoms with Gasteiger partial charge in [0.05, 0.1) is 23.3 Å². The van der Waals surface area contributed by atoms with E-state index in [2.05, 4.69) is 16.7 Å². The van der Waals surface area contributed by atoms with Crippen molar-refractivity contribution in [1.82, 2.24) is 4.90 Å². The summed E-state index contributed by atoms with van der Waals surface area (Å²) in [5, 5.41) is 20.1. The maximum Gasteiger partial charge on any atom is 0.312 e. The van der Waals surface area contributed by atoms with Gasteiger partial charge in [-0.25, -0.2) is 0 Å². The van der Waals surface area contributed by atoms with Crippen LogP contribution < -0.4 is 9.64 Å². The first-order valence-electron chi connectivity index (χ1n) is 7.72. The van der Waals surface area contributed by atoms with E-state index < -0.39 is 4.92 Å². The molecule has 1 aromatic carbocycles. The van der Waals surface area contributed by atoms with Gasteiger partial charge in [0.1, 0.15) is 0 Å². The number of benzene rings is 1. The molecule has 0 heterocycles. The molecule has 0 aromatic heterocycles. The molecular formula is C17H25N3O4. The molecule has 0 aliphatic carbocycles. The molecule has 132 valence electrons. The minimum absolute atomic E-state index is 0.0764. The summed E-state index contributed by atoms with van der Waals surface area (Å²) in [7, 11) is 7.31. The molecule has 0 unspecified atom stereocenters. The fraction of sp³-hybridized carbons (Fsp3) is 0.529. The molecule has 0 aliphatic heterocycles. The number of methoxy groups -OCH3 is 1. The SMILES string of the molecule is COc1cc(N(C)CCN(C)C)c(C#CCCCO)cc1[N+](=O)[O-]. The highest BCUT2D eigenvalue weighted by molar-refractivity contribution is 5.69. The zero-order chi connectivity index (χ0) is 18.1. The Morgan fingerprint density at radius 1 is 1.29 bits per heavy atom. The van der Waals surface area contributed by atoms with Crippen LogP contribution >= 0.6 is 0 Å². The maximum absolute atomic E-state index is 11.2. The third kappa shape index (κ3) is 5.72. The van der Waals surface area contributed by atoms with E-state index in [4.69, 9.17) is 9.84 Å². The molecule has 24 heavy (non-hydrogen) atoms. The van der Waals surface area contributed by atoms with Gasteiger partial charge in [0.25, 0.3) is 0 Å². The quantitative estimate of drug-likeness (QED) is 0.337. The normalized spacial score (nSPS) is 10.2. The summed E-state index contributed by atoms with van der Waals surface area (Å²) in [4.78, 5) is 14.8. The Balaban J connectivity index is 3.24. The second-order valence-electron chi connectivity index (χ2n) is 5.65. The highest BCUT2D eigenvalue weighted by Crippen LogP contribution is 2.34. The third-order valence-corrected chi connectivity index (χ3v) is 3.47. The molecule has 1 aromatic rings. The van der Waals surface area contributed by atoms with E-state index in [-0.39, 0.29) is 18.0 Å². The third-order valence-electron chi connectivity index (χ3n) is 3.47. The molecular weight excluding hydrogens is 310 g/mol. The molecule has 0 fully saturated rings. The van der Waals surface area contributed by atoms with Gasteiger partial charge in [0.2, 0.25) is 0 Å². The molecule has 0 saturated carbocycles. The molecule has 0 radical (unpaired) electrons. The number of hydrogen-bond donors (Lipinski definition) is 1. The number of rotatable bonds is 8. The van der Waals surface area contributed by atoms with Crippen molar-refractivity contribution < 1.29 is 14.8 Å². The zero-order valence-electron chi connectivity index (χ0n) is 14.7. The molecule has 0 aliphatic rings. The number of unbranched alkanes of at least 4 members (excludes halogenated alkanes) is 1. The summed E-state index contributed by atoms with van der Waals surface area (Å²) in [6, 6.07) is 3.11. The molecule has 1 rings (SSSR count). The van der Waals surface area contributed by atoms with Gasteiger partial charge in [-0.05, 0) is 20.5 Å². The minimum atomic E-state index is -0.471. The van der Waals surface area contributed by atoms with Crippen molar-refractivity contribution in [3.8, 4) is 17.6 Å². The van der Waals surface area contributed by atoms with Crippen LogP contribution in [0.5, 0.6) is 5.75 Å². The standard InChI is InChI=1S/C17H25N3O4/c1-18(2)9-10-19(3)15-13-17(24-4)16(20(22)23)12-14(15)8-6-5-7-11-21/h12-13,21H,5,7,9-11H2,1-4H3. The summed E-state index contributed by atoms with van der Waals surface area (Å²) >= 11 is 0. The van der Waals surface area contributed by atoms with Gasteiger partial charge < -0.3 is 19.6 Å². The number of nitro benzene ring substituents is 1. The van der Waals surface area contributed by atoms with Crippen molar-refractivity contribution in [2.45, 2.75) is 12.8 Å². The molecule has 0 bridgehead atoms. The van der Waals surface area contributed by atoms with Crippen molar-refractivity contribution >= 4 is 11.4 Å². The van der Waals surface area contributed by atoms with Gasteiger partial charge in [0.15, 0.2) is 5.75 Å². The lowest BCUT2D eigenvalue weighted by Crippen LogP contribution is -2.29. The molecule has 0 spiro atoms. The van der Waals surface area contributed by atoms with Crippen molar-refractivity contribution in [2.24, 2.45) is 0 Å². The Hall–Kier alpha value is -2.30. The molecule has 7 nitrogen and oxygen atoms in total. The second kappa shape index (κ2) is 9.75. The lowest BCUT2D eigenvalue weighted by atomic mass is 10.1. The van der Waals surface area contributed by atoms with Crippen LogP contribution in [-0.4, -0.2) is 62.9 Å². The van der Waals surface area contributed by atoms with E-state index in [1.54, 1.807) is 6.07 Å². The molecule has 0 amide bonds. The van der Waals surface area contributed by atoms with Crippen LogP contribution in [0.15, 0.2) is 12.1 Å². The summed E-state index contributed by atoms with van der Waals surface area (Å²) in [6.45, 7) is 1.67. The topological polar surface area (TPSA) is 79.1 Å². The van der Waals surface area contributed by atoms with Crippen LogP contribution in [0.2, 0.25) is 0 Å². The smallest absolute Gasteiger partial charge is 0.312 e. The minimum Gasteiger partial charge on any atom is -0.490 e. The van der Waals surface area contributed by atoms with Crippen LogP contribution in [0.25, 0.3) is 0 Å². The number of aliphatic hydroxyl groups is 1. The lowest BCUT2D eigenvalue weighted by molar-refractivity contribution is -0.385. The van der Waals surface area contributed by atoms with Gasteiger partial charge in [-0.2, -0.15) is 0 Å². The lowest BCUT2D eigenvalue weighted by Gasteiger charge is -2.23. The zero-order valence-corrected chi connectivity index (χ0v) is 14.7. The largest absolute Gasteiger partial charge is 0.490 e. The second-order valence-corrected chi connectivity index (χ2v) is 5.65. The summed E-state index contributed by atoms with van der Waals surface area (Å²) in [5.74, 6) is 6.16. The van der Waals surface area contributed by atoms with Gasteiger partial charge in [0, 0.05) is 45.3 Å². The highest BCUT2D eigenvalue weighted by atomic mass is 16.6. The summed E-state index contributed by atoms with van der Waals surface area (Å²) in [6.07, 6.45) is 1.12. The average molecular weight is 335 g/mol. The monoisotopic (exact) mass is 335 g/mol. The van der Waals surface area contributed by atoms with Crippen LogP contribution in [-0.2, 0) is 0 Å². The van der Waals surface area contributed by atoms with Gasteiger partial charge in [-0.15, -0.1) is 0 Å². The first-order chi connectivity index (χ1) is 11.4. The molecule has 1 N–H and O–H groups in total. The van der Waals surface area contributed by atoms with Crippen LogP contribution in [0.3, 0.4) is 0 Å². The van der Waals surface area contributed by atoms with Crippen molar-refractivity contribution in [1.29, 1.82) is 0 Å². The number of aliphatic hydroxyl groups excluding tert-OH is 1. The van der Waals surface area contributed by atoms with E-state index in [0.29, 0.717) is 18.4 Å². The number of nitrogens with zero attached hydrogens (tertiary/aromatic N) is 3. The fourth-order valence-electron chi connectivity index (χ4n) is 2.08. The predicted molar refractivity (Wildman–Crippen MR) is 94.7 cm³/mol. The van der Waals surface area contributed by atoms with E-state index in [1.807, 2.05) is 26.0 Å². The van der Waals surface area contributed by atoms with E-state index in [9.17, 15) is 10.1 Å². The first kappa shape index (κ1) is 19.7. The molecule has 7 heteroatoms. The first-order valence-corrected chi connectivity index (χ1v) is 7.72. The number of likely N-dealkylation sites (N-methyl/N-ethyl adjacent to an activating group) is 2. The van der Waals surface area contributed by atoms with E-state index in [1.165, 1.54) is 13.2 Å². The van der Waals surface area contributed by atoms with Crippen molar-refractivity contribution in [2.75, 3.05) is 52.8 Å². The van der Waals surface area contributed by atoms with Gasteiger partial charge in [-0.3, -0.25) is 10.1 Å². The van der Waals surface area contributed by atoms with Crippen LogP contribution in [0, 0.1) is 22.0 Å². The number of ether oxygens (including phenoxy) is 1. The Morgan fingerprint density at radius 3 is 2.54 bits per heavy atom. The Labute approximate surface area is 143 Å². The van der Waals surface area contributed by atoms with Crippen molar-refractivity contribution in [3.63, 3.8) is 0 Å².